The van der Waals surface area contributed by atoms with Crippen LogP contribution in [-0.4, -0.2) is 43.6 Å². The molecule has 1 fully saturated rings. The molecule has 1 saturated heterocycles. The first-order valence-electron chi connectivity index (χ1n) is 9.05. The molecule has 1 N–H and O–H groups in total. The molecule has 0 spiro atoms. The molecular weight excluding hydrogens is 316 g/mol. The van der Waals surface area contributed by atoms with Crippen molar-refractivity contribution in [1.82, 2.24) is 29.8 Å². The lowest BCUT2D eigenvalue weighted by Crippen LogP contribution is -2.44. The summed E-state index contributed by atoms with van der Waals surface area (Å²) in [4.78, 5) is 14.5. The van der Waals surface area contributed by atoms with Crippen LogP contribution in [0.2, 0.25) is 0 Å². The van der Waals surface area contributed by atoms with Crippen LogP contribution in [0.4, 0.5) is 4.79 Å². The molecule has 0 radical (unpaired) electrons. The topological polar surface area (TPSA) is 68.0 Å². The minimum Gasteiger partial charge on any atom is -0.331 e. The fourth-order valence-corrected chi connectivity index (χ4v) is 3.47. The van der Waals surface area contributed by atoms with Crippen molar-refractivity contribution in [3.05, 3.63) is 35.4 Å². The predicted octanol–water partition coefficient (Wildman–Crippen LogP) is 2.60. The Bertz CT molecular complexity index is 726. The molecule has 136 valence electrons. The Hall–Kier alpha value is -2.31. The number of hydrogen-bond donors (Lipinski definition) is 1. The SMILES string of the molecule is CCn1cc(C2CCN(C(=O)N[C@@H](C)c3cnn(C)c3C)CC2)cn1. The number of carbonyl (C=O) groups excluding carboxylic acids is 1. The molecular formula is C18H28N6O. The van der Waals surface area contributed by atoms with E-state index in [0.717, 1.165) is 43.7 Å². The van der Waals surface area contributed by atoms with Crippen molar-refractivity contribution in [2.75, 3.05) is 13.1 Å². The predicted molar refractivity (Wildman–Crippen MR) is 96.3 cm³/mol. The molecule has 7 nitrogen and oxygen atoms in total. The average Bonchev–Trinajstić information content (AvgIpc) is 3.22. The van der Waals surface area contributed by atoms with Gasteiger partial charge in [-0.25, -0.2) is 4.79 Å². The van der Waals surface area contributed by atoms with Crippen LogP contribution in [0.15, 0.2) is 18.6 Å². The third kappa shape index (κ3) is 3.70. The first-order chi connectivity index (χ1) is 12.0. The Balaban J connectivity index is 1.53. The summed E-state index contributed by atoms with van der Waals surface area (Å²) in [5, 5.41) is 11.7. The van der Waals surface area contributed by atoms with Gasteiger partial charge in [-0.3, -0.25) is 9.36 Å². The zero-order valence-corrected chi connectivity index (χ0v) is 15.6. The van der Waals surface area contributed by atoms with Gasteiger partial charge < -0.3 is 10.2 Å². The minimum atomic E-state index is -0.0401. The summed E-state index contributed by atoms with van der Waals surface area (Å²) in [6.07, 6.45) is 7.91. The summed E-state index contributed by atoms with van der Waals surface area (Å²) >= 11 is 0. The lowest BCUT2D eigenvalue weighted by atomic mass is 9.92. The highest BCUT2D eigenvalue weighted by atomic mass is 16.2. The number of piperidine rings is 1. The standard InChI is InChI=1S/C18H28N6O/c1-5-24-12-16(10-20-24)15-6-8-23(9-7-15)18(25)21-13(2)17-11-19-22(4)14(17)3/h10-13,15H,5-9H2,1-4H3,(H,21,25)/t13-/m0/s1. The van der Waals surface area contributed by atoms with Gasteiger partial charge in [0.05, 0.1) is 18.4 Å². The summed E-state index contributed by atoms with van der Waals surface area (Å²) in [5.41, 5.74) is 3.44. The van der Waals surface area contributed by atoms with Crippen LogP contribution >= 0.6 is 0 Å². The Labute approximate surface area is 149 Å². The number of carbonyl (C=O) groups is 1. The largest absolute Gasteiger partial charge is 0.331 e. The highest BCUT2D eigenvalue weighted by molar-refractivity contribution is 5.74. The number of amides is 2. The summed E-state index contributed by atoms with van der Waals surface area (Å²) in [6.45, 7) is 8.58. The number of aryl methyl sites for hydroxylation is 2. The normalized spacial score (nSPS) is 16.9. The van der Waals surface area contributed by atoms with Gasteiger partial charge in [0.15, 0.2) is 0 Å². The number of nitrogens with one attached hydrogen (secondary N) is 1. The second kappa shape index (κ2) is 7.29. The maximum atomic E-state index is 12.6. The van der Waals surface area contributed by atoms with Crippen LogP contribution in [0.25, 0.3) is 0 Å². The summed E-state index contributed by atoms with van der Waals surface area (Å²) in [7, 11) is 1.92. The molecule has 0 aromatic carbocycles. The Morgan fingerprint density at radius 1 is 1.32 bits per heavy atom. The first kappa shape index (κ1) is 17.5. The minimum absolute atomic E-state index is 0.0125. The highest BCUT2D eigenvalue weighted by Crippen LogP contribution is 2.28. The average molecular weight is 344 g/mol. The van der Waals surface area contributed by atoms with E-state index in [1.807, 2.05) is 47.6 Å². The summed E-state index contributed by atoms with van der Waals surface area (Å²) in [6, 6.07) is -0.0276. The van der Waals surface area contributed by atoms with Gasteiger partial charge in [0.2, 0.25) is 0 Å². The van der Waals surface area contributed by atoms with E-state index in [0.29, 0.717) is 5.92 Å². The Morgan fingerprint density at radius 3 is 2.60 bits per heavy atom. The van der Waals surface area contributed by atoms with E-state index < -0.39 is 0 Å². The maximum absolute atomic E-state index is 12.6. The fourth-order valence-electron chi connectivity index (χ4n) is 3.47. The summed E-state index contributed by atoms with van der Waals surface area (Å²) in [5.74, 6) is 0.502. The van der Waals surface area contributed by atoms with Gasteiger partial charge in [-0.2, -0.15) is 10.2 Å². The van der Waals surface area contributed by atoms with E-state index in [1.165, 1.54) is 5.56 Å². The highest BCUT2D eigenvalue weighted by Gasteiger charge is 2.26. The Kier molecular flexibility index (Phi) is 5.11. The van der Waals surface area contributed by atoms with E-state index in [-0.39, 0.29) is 12.1 Å². The van der Waals surface area contributed by atoms with E-state index in [1.54, 1.807) is 0 Å². The molecule has 7 heteroatoms. The maximum Gasteiger partial charge on any atom is 0.317 e. The lowest BCUT2D eigenvalue weighted by Gasteiger charge is -2.32. The van der Waals surface area contributed by atoms with Gasteiger partial charge >= 0.3 is 6.03 Å². The molecule has 25 heavy (non-hydrogen) atoms. The number of likely N-dealkylation sites (tertiary alicyclic amines) is 1. The molecule has 2 aromatic heterocycles. The van der Waals surface area contributed by atoms with Crippen molar-refractivity contribution in [2.24, 2.45) is 7.05 Å². The van der Waals surface area contributed by atoms with Crippen molar-refractivity contribution in [3.63, 3.8) is 0 Å². The molecule has 0 saturated carbocycles. The number of rotatable bonds is 4. The van der Waals surface area contributed by atoms with Crippen molar-refractivity contribution < 1.29 is 4.79 Å². The van der Waals surface area contributed by atoms with E-state index in [9.17, 15) is 4.79 Å². The van der Waals surface area contributed by atoms with Crippen LogP contribution in [0.3, 0.4) is 0 Å². The van der Waals surface area contributed by atoms with E-state index in [4.69, 9.17) is 0 Å². The van der Waals surface area contributed by atoms with Crippen LogP contribution in [0, 0.1) is 6.92 Å². The van der Waals surface area contributed by atoms with Crippen LogP contribution < -0.4 is 5.32 Å². The third-order valence-electron chi connectivity index (χ3n) is 5.31. The molecule has 1 aliphatic heterocycles. The zero-order valence-electron chi connectivity index (χ0n) is 15.6. The van der Waals surface area contributed by atoms with Gasteiger partial charge in [-0.05, 0) is 45.1 Å². The zero-order chi connectivity index (χ0) is 18.0. The molecule has 1 atom stereocenters. The Morgan fingerprint density at radius 2 is 2.04 bits per heavy atom. The molecule has 1 aliphatic rings. The van der Waals surface area contributed by atoms with Crippen molar-refractivity contribution in [3.8, 4) is 0 Å². The van der Waals surface area contributed by atoms with Gasteiger partial charge in [-0.15, -0.1) is 0 Å². The molecule has 0 aliphatic carbocycles. The van der Waals surface area contributed by atoms with Crippen LogP contribution in [0.5, 0.6) is 0 Å². The lowest BCUT2D eigenvalue weighted by molar-refractivity contribution is 0.178. The smallest absolute Gasteiger partial charge is 0.317 e. The molecule has 2 amide bonds. The number of aromatic nitrogens is 4. The number of nitrogens with zero attached hydrogens (tertiary/aromatic N) is 5. The van der Waals surface area contributed by atoms with Crippen molar-refractivity contribution in [1.29, 1.82) is 0 Å². The summed E-state index contributed by atoms with van der Waals surface area (Å²) < 4.78 is 3.80. The number of urea groups is 1. The van der Waals surface area contributed by atoms with Gasteiger partial charge in [0.1, 0.15) is 0 Å². The van der Waals surface area contributed by atoms with Crippen LogP contribution in [0.1, 0.15) is 55.5 Å². The number of hydrogen-bond acceptors (Lipinski definition) is 3. The van der Waals surface area contributed by atoms with E-state index in [2.05, 4.69) is 28.6 Å². The monoisotopic (exact) mass is 344 g/mol. The molecule has 0 unspecified atom stereocenters. The molecule has 3 heterocycles. The quantitative estimate of drug-likeness (QED) is 0.927. The first-order valence-corrected chi connectivity index (χ1v) is 9.05. The van der Waals surface area contributed by atoms with Gasteiger partial charge in [0, 0.05) is 44.1 Å². The molecule has 3 rings (SSSR count). The second-order valence-corrected chi connectivity index (χ2v) is 6.87. The van der Waals surface area contributed by atoms with Crippen LogP contribution in [-0.2, 0) is 13.6 Å². The van der Waals surface area contributed by atoms with Crippen molar-refractivity contribution >= 4 is 6.03 Å². The fraction of sp³-hybridized carbons (Fsp3) is 0.611. The second-order valence-electron chi connectivity index (χ2n) is 6.87. The van der Waals surface area contributed by atoms with E-state index >= 15 is 0 Å². The van der Waals surface area contributed by atoms with Gasteiger partial charge in [-0.1, -0.05) is 0 Å². The third-order valence-corrected chi connectivity index (χ3v) is 5.31. The molecule has 0 bridgehead atoms. The molecule has 2 aromatic rings. The van der Waals surface area contributed by atoms with Crippen molar-refractivity contribution in [2.45, 2.75) is 52.1 Å². The van der Waals surface area contributed by atoms with Gasteiger partial charge in [0.25, 0.3) is 0 Å².